The van der Waals surface area contributed by atoms with E-state index in [2.05, 4.69) is 46.3 Å². The molecule has 5 N–H and O–H groups in total. The molecule has 16 heteroatoms. The molecule has 4 rings (SSSR count). The topological polar surface area (TPSA) is 218 Å². The predicted octanol–water partition coefficient (Wildman–Crippen LogP) is 3.80. The Morgan fingerprint density at radius 1 is 0.854 bits per heavy atom. The fourth-order valence-electron chi connectivity index (χ4n) is 3.60. The summed E-state index contributed by atoms with van der Waals surface area (Å²) in [5.74, 6) is -2.33. The number of hydrogen-bond donors (Lipinski definition) is 5. The molecular weight excluding hydrogens is 706 g/mol. The van der Waals surface area contributed by atoms with Crippen LogP contribution in [0.5, 0.6) is 0 Å². The third-order valence-corrected chi connectivity index (χ3v) is 6.22. The third-order valence-electron chi connectivity index (χ3n) is 6.01. The number of methoxy groups -OCH3 is 1. The number of nitrogens with one attached hydrogen (secondary N) is 3. The molecule has 1 unspecified atom stereocenters. The fourth-order valence-corrected chi connectivity index (χ4v) is 3.82. The van der Waals surface area contributed by atoms with Crippen LogP contribution in [0.25, 0.3) is 5.70 Å². The van der Waals surface area contributed by atoms with E-state index in [4.69, 9.17) is 14.9 Å². The van der Waals surface area contributed by atoms with Gasteiger partial charge in [0.2, 0.25) is 0 Å². The van der Waals surface area contributed by atoms with E-state index in [0.29, 0.717) is 30.8 Å². The zero-order valence-corrected chi connectivity index (χ0v) is 27.7. The normalized spacial score (nSPS) is 10.3. The molecule has 251 valence electrons. The van der Waals surface area contributed by atoms with Gasteiger partial charge in [-0.2, -0.15) is 0 Å². The third kappa shape index (κ3) is 14.6. The Labute approximate surface area is 286 Å². The first-order valence-corrected chi connectivity index (χ1v) is 15.0. The van der Waals surface area contributed by atoms with Crippen LogP contribution < -0.4 is 16.1 Å². The van der Waals surface area contributed by atoms with E-state index >= 15 is 0 Å². The molecule has 4 aromatic rings. The van der Waals surface area contributed by atoms with E-state index in [1.807, 2.05) is 12.1 Å². The molecule has 15 nitrogen and oxygen atoms in total. The standard InChI is InChI=1S/C20H24N6O3.2C6H5NO2.Tc/c1-14(15-6-5-10-22-12-15)23-11-4-3-7-17(20(28)29-2)25-19(27)16-8-9-18(26-21)24-13-16;2*8-6(9)5-3-1-2-4-7-5;/h5-6,8-10,12-13,17,23H,1,3-4,7,11H2,2H3,(H,24,26)(H,25,27);2*1-4H,(H,8,9);. The number of carbonyl (C=O) groups excluding carboxylic acids is 2. The first-order valence-electron chi connectivity index (χ1n) is 14.2. The molecule has 0 radical (unpaired) electrons. The molecule has 1 atom stereocenters. The van der Waals surface area contributed by atoms with Crippen molar-refractivity contribution in [2.45, 2.75) is 25.3 Å². The van der Waals surface area contributed by atoms with Crippen molar-refractivity contribution in [3.63, 3.8) is 0 Å². The number of esters is 1. The van der Waals surface area contributed by atoms with E-state index in [1.165, 1.54) is 37.8 Å². The zero-order valence-electron chi connectivity index (χ0n) is 25.8. The van der Waals surface area contributed by atoms with Crippen molar-refractivity contribution in [2.75, 3.05) is 19.1 Å². The van der Waals surface area contributed by atoms with Crippen LogP contribution in [0.1, 0.15) is 56.2 Å². The zero-order chi connectivity index (χ0) is 35.1. The van der Waals surface area contributed by atoms with Crippen molar-refractivity contribution in [2.24, 2.45) is 3.72 Å². The molecule has 0 spiro atoms. The van der Waals surface area contributed by atoms with Crippen molar-refractivity contribution in [1.82, 2.24) is 30.6 Å². The minimum atomic E-state index is -0.990. The monoisotopic (exact) mass is 739 g/mol. The summed E-state index contributed by atoms with van der Waals surface area (Å²) in [5.41, 5.74) is 4.91. The van der Waals surface area contributed by atoms with E-state index in [1.54, 1.807) is 67.5 Å². The van der Waals surface area contributed by atoms with Crippen LogP contribution in [0.3, 0.4) is 0 Å². The van der Waals surface area contributed by atoms with Crippen molar-refractivity contribution in [1.29, 1.82) is 0 Å². The minimum Gasteiger partial charge on any atom is -0.477 e. The number of amides is 1. The Morgan fingerprint density at radius 3 is 1.98 bits per heavy atom. The van der Waals surface area contributed by atoms with Crippen LogP contribution in [0.2, 0.25) is 0 Å². The molecule has 1 amide bonds. The summed E-state index contributed by atoms with van der Waals surface area (Å²) in [6.45, 7) is 4.68. The fraction of sp³-hybridized carbons (Fsp3) is 0.188. The van der Waals surface area contributed by atoms with Gasteiger partial charge in [0.05, 0.1) is 0 Å². The Kier molecular flexibility index (Phi) is 17.6. The Balaban J connectivity index is 0.000000357. The Morgan fingerprint density at radius 2 is 1.52 bits per heavy atom. The predicted molar refractivity (Wildman–Crippen MR) is 171 cm³/mol. The molecule has 0 aliphatic rings. The van der Waals surface area contributed by atoms with Gasteiger partial charge >= 0.3 is 138 Å². The smallest absolute Gasteiger partial charge is 0.477 e. The first kappa shape index (κ1) is 38.5. The van der Waals surface area contributed by atoms with Gasteiger partial charge < -0.3 is 15.5 Å². The maximum atomic E-state index is 12.4. The van der Waals surface area contributed by atoms with Gasteiger partial charge in [-0.1, -0.05) is 18.7 Å². The summed E-state index contributed by atoms with van der Waals surface area (Å²) in [5, 5.41) is 22.6. The van der Waals surface area contributed by atoms with E-state index < -0.39 is 23.9 Å². The number of aromatic nitrogens is 4. The second kappa shape index (κ2) is 21.9. The second-order valence-electron chi connectivity index (χ2n) is 9.36. The minimum absolute atomic E-state index is 0.0810. The van der Waals surface area contributed by atoms with E-state index in [9.17, 15) is 19.2 Å². The van der Waals surface area contributed by atoms with Crippen molar-refractivity contribution in [3.8, 4) is 0 Å². The molecule has 0 saturated heterocycles. The first-order chi connectivity index (χ1) is 23.2. The number of pyridine rings is 4. The molecule has 0 aromatic carbocycles. The average molecular weight is 741 g/mol. The van der Waals surface area contributed by atoms with Crippen LogP contribution in [-0.4, -0.2) is 73.7 Å². The Bertz CT molecular complexity index is 1560. The van der Waals surface area contributed by atoms with Crippen LogP contribution in [0, 0.1) is 0 Å². The number of nitrogens with zero attached hydrogens (tertiary/aromatic N) is 5. The molecule has 0 fully saturated rings. The molecule has 0 aliphatic heterocycles. The van der Waals surface area contributed by atoms with Crippen LogP contribution >= 0.6 is 0 Å². The number of unbranched alkanes of at least 4 members (excludes halogenated alkanes) is 1. The summed E-state index contributed by atoms with van der Waals surface area (Å²) in [6.07, 6.45) is 9.73. The molecular formula is C32H34N8O7Tc. The van der Waals surface area contributed by atoms with Crippen molar-refractivity contribution < 1.29 is 52.8 Å². The van der Waals surface area contributed by atoms with Gasteiger partial charge in [-0.3, -0.25) is 4.98 Å². The Hall–Kier alpha value is -5.73. The summed E-state index contributed by atoms with van der Waals surface area (Å²) in [4.78, 5) is 60.1. The quantitative estimate of drug-likeness (QED) is 0.0707. The van der Waals surface area contributed by atoms with Gasteiger partial charge in [0, 0.05) is 42.6 Å². The molecule has 0 bridgehead atoms. The second-order valence-corrected chi connectivity index (χ2v) is 9.78. The summed E-state index contributed by atoms with van der Waals surface area (Å²) in [6, 6.07) is 15.8. The molecule has 48 heavy (non-hydrogen) atoms. The van der Waals surface area contributed by atoms with Crippen molar-refractivity contribution in [3.05, 3.63) is 121 Å². The van der Waals surface area contributed by atoms with Gasteiger partial charge in [-0.05, 0) is 36.4 Å². The molecule has 4 aromatic heterocycles. The molecule has 4 heterocycles. The SMILES string of the molecule is C=C(NCCCCC(NC(=O)c1ccc(N[N]=[Tc])nc1)C(=O)OC)c1cccnc1.O=C(O)c1ccccn1.O=C(O)c1ccccn1. The number of carboxylic acid groups (broad SMARTS) is 2. The van der Waals surface area contributed by atoms with Gasteiger partial charge in [-0.15, -0.1) is 0 Å². The molecule has 0 saturated carbocycles. The van der Waals surface area contributed by atoms with Gasteiger partial charge in [0.25, 0.3) is 0 Å². The number of ether oxygens (including phenoxy) is 1. The van der Waals surface area contributed by atoms with Crippen LogP contribution in [0.15, 0.2) is 102 Å². The number of carbonyl (C=O) groups is 4. The number of carboxylic acids is 2. The number of hydrogen-bond acceptors (Lipinski definition) is 12. The van der Waals surface area contributed by atoms with Gasteiger partial charge in [0.1, 0.15) is 11.4 Å². The van der Waals surface area contributed by atoms with Crippen LogP contribution in [-0.2, 0) is 28.2 Å². The van der Waals surface area contributed by atoms with Gasteiger partial charge in [-0.25, -0.2) is 19.6 Å². The van der Waals surface area contributed by atoms with Crippen molar-refractivity contribution >= 4 is 35.3 Å². The van der Waals surface area contributed by atoms with E-state index in [-0.39, 0.29) is 17.3 Å². The summed E-state index contributed by atoms with van der Waals surface area (Å²) < 4.78 is 8.55. The molecule has 0 aliphatic carbocycles. The number of aromatic carboxylic acids is 2. The van der Waals surface area contributed by atoms with Crippen LogP contribution in [0.4, 0.5) is 5.82 Å². The summed E-state index contributed by atoms with van der Waals surface area (Å²) in [7, 11) is 1.30. The number of rotatable bonds is 14. The van der Waals surface area contributed by atoms with E-state index in [0.717, 1.165) is 17.7 Å². The van der Waals surface area contributed by atoms with Gasteiger partial charge in [0.15, 0.2) is 0 Å². The summed E-state index contributed by atoms with van der Waals surface area (Å²) >= 11 is 1.80. The number of anilines is 1. The average Bonchev–Trinajstić information content (AvgIpc) is 3.12. The maximum absolute atomic E-state index is 12.4.